The van der Waals surface area contributed by atoms with Crippen LogP contribution in [-0.2, 0) is 20.6 Å². The van der Waals surface area contributed by atoms with E-state index in [1.165, 1.54) is 4.31 Å². The van der Waals surface area contributed by atoms with Gasteiger partial charge in [-0.15, -0.1) is 0 Å². The second-order valence-electron chi connectivity index (χ2n) is 6.90. The van der Waals surface area contributed by atoms with Crippen molar-refractivity contribution in [1.82, 2.24) is 4.31 Å². The fraction of sp³-hybridized carbons (Fsp3) is 0.350. The number of nitrogens with zero attached hydrogens (tertiary/aromatic N) is 1. The SMILES string of the molecule is Cc1ccc(NC(=O)C2CCCN(S(=O)(=O)Cc3ccccc3Cl)C2)cc1. The first kappa shape index (κ1) is 19.9. The molecule has 1 aliphatic heterocycles. The Morgan fingerprint density at radius 1 is 1.19 bits per heavy atom. The largest absolute Gasteiger partial charge is 0.326 e. The van der Waals surface area contributed by atoms with E-state index in [2.05, 4.69) is 5.32 Å². The number of carbonyl (C=O) groups is 1. The minimum atomic E-state index is -3.53. The highest BCUT2D eigenvalue weighted by atomic mass is 35.5. The number of amides is 1. The van der Waals surface area contributed by atoms with Crippen LogP contribution in [0.2, 0.25) is 5.02 Å². The number of carbonyl (C=O) groups excluding carboxylic acids is 1. The standard InChI is InChI=1S/C20H23ClN2O3S/c1-15-8-10-18(11-9-15)22-20(24)16-6-4-12-23(13-16)27(25,26)14-17-5-2-3-7-19(17)21/h2-3,5,7-11,16H,4,6,12-14H2,1H3,(H,22,24). The van der Waals surface area contributed by atoms with Crippen molar-refractivity contribution in [3.8, 4) is 0 Å². The Morgan fingerprint density at radius 2 is 1.89 bits per heavy atom. The van der Waals surface area contributed by atoms with Crippen molar-refractivity contribution < 1.29 is 13.2 Å². The maximum atomic E-state index is 12.8. The molecule has 0 spiro atoms. The molecule has 1 N–H and O–H groups in total. The van der Waals surface area contributed by atoms with E-state index in [-0.39, 0.29) is 24.1 Å². The molecule has 3 rings (SSSR count). The molecule has 0 bridgehead atoms. The highest BCUT2D eigenvalue weighted by molar-refractivity contribution is 7.88. The van der Waals surface area contributed by atoms with Gasteiger partial charge in [-0.3, -0.25) is 4.79 Å². The van der Waals surface area contributed by atoms with Gasteiger partial charge in [0.05, 0.1) is 11.7 Å². The van der Waals surface area contributed by atoms with Gasteiger partial charge >= 0.3 is 0 Å². The molecule has 2 aromatic carbocycles. The number of nitrogens with one attached hydrogen (secondary N) is 1. The van der Waals surface area contributed by atoms with Gasteiger partial charge in [-0.2, -0.15) is 0 Å². The first-order chi connectivity index (χ1) is 12.8. The number of piperidine rings is 1. The molecular weight excluding hydrogens is 384 g/mol. The smallest absolute Gasteiger partial charge is 0.228 e. The molecule has 1 unspecified atom stereocenters. The molecule has 5 nitrogen and oxygen atoms in total. The lowest BCUT2D eigenvalue weighted by atomic mass is 9.98. The van der Waals surface area contributed by atoms with E-state index in [4.69, 9.17) is 11.6 Å². The minimum Gasteiger partial charge on any atom is -0.326 e. The van der Waals surface area contributed by atoms with Crippen molar-refractivity contribution in [2.45, 2.75) is 25.5 Å². The zero-order valence-electron chi connectivity index (χ0n) is 15.2. The predicted molar refractivity (Wildman–Crippen MR) is 108 cm³/mol. The summed E-state index contributed by atoms with van der Waals surface area (Å²) in [4.78, 5) is 12.6. The van der Waals surface area contributed by atoms with Crippen molar-refractivity contribution in [1.29, 1.82) is 0 Å². The van der Waals surface area contributed by atoms with Crippen molar-refractivity contribution in [2.24, 2.45) is 5.92 Å². The van der Waals surface area contributed by atoms with E-state index in [1.54, 1.807) is 24.3 Å². The maximum Gasteiger partial charge on any atom is 0.228 e. The summed E-state index contributed by atoms with van der Waals surface area (Å²) in [5.41, 5.74) is 2.41. The van der Waals surface area contributed by atoms with Crippen LogP contribution >= 0.6 is 11.6 Å². The minimum absolute atomic E-state index is 0.142. The normalized spacial score (nSPS) is 18.2. The molecule has 2 aromatic rings. The lowest BCUT2D eigenvalue weighted by molar-refractivity contribution is -0.120. The predicted octanol–water partition coefficient (Wildman–Crippen LogP) is 3.83. The van der Waals surface area contributed by atoms with Crippen LogP contribution < -0.4 is 5.32 Å². The van der Waals surface area contributed by atoms with E-state index >= 15 is 0 Å². The average molecular weight is 407 g/mol. The Balaban J connectivity index is 1.66. The van der Waals surface area contributed by atoms with Crippen LogP contribution in [0, 0.1) is 12.8 Å². The van der Waals surface area contributed by atoms with Gasteiger partial charge in [0.2, 0.25) is 15.9 Å². The van der Waals surface area contributed by atoms with Gasteiger partial charge in [-0.25, -0.2) is 12.7 Å². The lowest BCUT2D eigenvalue weighted by Gasteiger charge is -2.31. The monoisotopic (exact) mass is 406 g/mol. The van der Waals surface area contributed by atoms with E-state index in [0.717, 1.165) is 11.3 Å². The van der Waals surface area contributed by atoms with Gasteiger partial charge in [0, 0.05) is 23.8 Å². The van der Waals surface area contributed by atoms with Gasteiger partial charge in [-0.05, 0) is 43.5 Å². The van der Waals surface area contributed by atoms with Gasteiger partial charge in [-0.1, -0.05) is 47.5 Å². The van der Waals surface area contributed by atoms with E-state index < -0.39 is 10.0 Å². The number of hydrogen-bond donors (Lipinski definition) is 1. The number of halogens is 1. The van der Waals surface area contributed by atoms with E-state index in [1.807, 2.05) is 31.2 Å². The summed E-state index contributed by atoms with van der Waals surface area (Å²) >= 11 is 6.10. The van der Waals surface area contributed by atoms with Crippen LogP contribution in [0.25, 0.3) is 0 Å². The third-order valence-corrected chi connectivity index (χ3v) is 6.93. The van der Waals surface area contributed by atoms with Crippen molar-refractivity contribution >= 4 is 33.2 Å². The first-order valence-corrected chi connectivity index (χ1v) is 10.9. The molecule has 0 saturated carbocycles. The van der Waals surface area contributed by atoms with Gasteiger partial charge < -0.3 is 5.32 Å². The Bertz CT molecular complexity index is 913. The zero-order chi connectivity index (χ0) is 19.4. The highest BCUT2D eigenvalue weighted by Crippen LogP contribution is 2.25. The molecule has 1 saturated heterocycles. The summed E-state index contributed by atoms with van der Waals surface area (Å²) in [5, 5.41) is 3.32. The Labute approximate surface area is 165 Å². The van der Waals surface area contributed by atoms with Gasteiger partial charge in [0.15, 0.2) is 0 Å². The molecule has 1 heterocycles. The summed E-state index contributed by atoms with van der Waals surface area (Å²) in [5.74, 6) is -0.656. The summed E-state index contributed by atoms with van der Waals surface area (Å²) < 4.78 is 27.0. The summed E-state index contributed by atoms with van der Waals surface area (Å²) in [7, 11) is -3.53. The third-order valence-electron chi connectivity index (χ3n) is 4.76. The fourth-order valence-electron chi connectivity index (χ4n) is 3.19. The number of sulfonamides is 1. The quantitative estimate of drug-likeness (QED) is 0.820. The summed E-state index contributed by atoms with van der Waals surface area (Å²) in [6.45, 7) is 2.61. The Morgan fingerprint density at radius 3 is 2.59 bits per heavy atom. The molecule has 27 heavy (non-hydrogen) atoms. The molecule has 7 heteroatoms. The van der Waals surface area contributed by atoms with Gasteiger partial charge in [0.1, 0.15) is 0 Å². The summed E-state index contributed by atoms with van der Waals surface area (Å²) in [6, 6.07) is 14.5. The summed E-state index contributed by atoms with van der Waals surface area (Å²) in [6.07, 6.45) is 1.34. The van der Waals surface area contributed by atoms with Crippen molar-refractivity contribution in [2.75, 3.05) is 18.4 Å². The molecule has 144 valence electrons. The number of aryl methyl sites for hydroxylation is 1. The second kappa shape index (κ2) is 8.42. The number of benzene rings is 2. The van der Waals surface area contributed by atoms with Crippen molar-refractivity contribution in [3.05, 3.63) is 64.7 Å². The maximum absolute atomic E-state index is 12.8. The number of rotatable bonds is 5. The van der Waals surface area contributed by atoms with Crippen LogP contribution in [-0.4, -0.2) is 31.7 Å². The Kier molecular flexibility index (Phi) is 6.19. The molecule has 1 aliphatic rings. The average Bonchev–Trinajstić information content (AvgIpc) is 2.65. The molecule has 1 amide bonds. The number of anilines is 1. The van der Waals surface area contributed by atoms with Crippen LogP contribution in [0.5, 0.6) is 0 Å². The molecule has 1 atom stereocenters. The van der Waals surface area contributed by atoms with E-state index in [9.17, 15) is 13.2 Å². The zero-order valence-corrected chi connectivity index (χ0v) is 16.8. The molecule has 1 fully saturated rings. The third kappa shape index (κ3) is 5.09. The van der Waals surface area contributed by atoms with Crippen LogP contribution in [0.3, 0.4) is 0 Å². The van der Waals surface area contributed by atoms with Crippen molar-refractivity contribution in [3.63, 3.8) is 0 Å². The highest BCUT2D eigenvalue weighted by Gasteiger charge is 2.32. The number of hydrogen-bond acceptors (Lipinski definition) is 3. The molecule has 0 aromatic heterocycles. The van der Waals surface area contributed by atoms with Crippen LogP contribution in [0.1, 0.15) is 24.0 Å². The lowest BCUT2D eigenvalue weighted by Crippen LogP contribution is -2.44. The Hall–Kier alpha value is -1.89. The molecule has 0 radical (unpaired) electrons. The second-order valence-corrected chi connectivity index (χ2v) is 9.28. The topological polar surface area (TPSA) is 66.5 Å². The van der Waals surface area contributed by atoms with Gasteiger partial charge in [0.25, 0.3) is 0 Å². The van der Waals surface area contributed by atoms with Crippen LogP contribution in [0.4, 0.5) is 5.69 Å². The fourth-order valence-corrected chi connectivity index (χ4v) is 5.12. The van der Waals surface area contributed by atoms with Crippen LogP contribution in [0.15, 0.2) is 48.5 Å². The molecule has 0 aliphatic carbocycles. The molecular formula is C20H23ClN2O3S. The van der Waals surface area contributed by atoms with E-state index in [0.29, 0.717) is 30.0 Å². The first-order valence-electron chi connectivity index (χ1n) is 8.94.